The Balaban J connectivity index is 2.01. The highest BCUT2D eigenvalue weighted by molar-refractivity contribution is 5.79. The molecule has 3 rings (SSSR count). The number of carbonyl (C=O) groups excluding carboxylic acids is 1. The van der Waals surface area contributed by atoms with Crippen molar-refractivity contribution in [2.45, 2.75) is 86.7 Å². The molecule has 2 bridgehead atoms. The number of esters is 1. The SMILES string of the molecule is CCC1CCCC2C1C1C(C)C2C(C)(C(=O)OC(C)(C)C)C1(C)C. The van der Waals surface area contributed by atoms with Gasteiger partial charge in [0.15, 0.2) is 0 Å². The first kappa shape index (κ1) is 18.3. The first-order chi connectivity index (χ1) is 11.0. The Morgan fingerprint density at radius 1 is 1.12 bits per heavy atom. The van der Waals surface area contributed by atoms with Crippen molar-refractivity contribution < 1.29 is 9.53 Å². The highest BCUT2D eigenvalue weighted by Crippen LogP contribution is 2.75. The van der Waals surface area contributed by atoms with Crippen LogP contribution in [-0.4, -0.2) is 11.6 Å². The van der Waals surface area contributed by atoms with E-state index in [2.05, 4.69) is 34.6 Å². The van der Waals surface area contributed by atoms with Crippen LogP contribution in [0.25, 0.3) is 0 Å². The predicted molar refractivity (Wildman–Crippen MR) is 98.5 cm³/mol. The number of fused-ring (bicyclic) bond motifs is 5. The molecule has 0 aliphatic heterocycles. The highest BCUT2D eigenvalue weighted by Gasteiger charge is 2.74. The Labute approximate surface area is 149 Å². The van der Waals surface area contributed by atoms with Crippen molar-refractivity contribution in [1.29, 1.82) is 0 Å². The van der Waals surface area contributed by atoms with Crippen LogP contribution in [0.4, 0.5) is 0 Å². The normalized spacial score (nSPS) is 46.7. The highest BCUT2D eigenvalue weighted by atomic mass is 16.6. The van der Waals surface area contributed by atoms with Gasteiger partial charge >= 0.3 is 5.97 Å². The van der Waals surface area contributed by atoms with Crippen molar-refractivity contribution in [2.24, 2.45) is 46.3 Å². The monoisotopic (exact) mass is 334 g/mol. The molecule has 3 aliphatic rings. The van der Waals surface area contributed by atoms with Crippen LogP contribution in [-0.2, 0) is 9.53 Å². The van der Waals surface area contributed by atoms with Gasteiger partial charge in [0.05, 0.1) is 5.41 Å². The minimum Gasteiger partial charge on any atom is -0.460 e. The second kappa shape index (κ2) is 5.48. The molecule has 3 aliphatic carbocycles. The van der Waals surface area contributed by atoms with E-state index in [-0.39, 0.29) is 16.8 Å². The van der Waals surface area contributed by atoms with Crippen LogP contribution < -0.4 is 0 Å². The summed E-state index contributed by atoms with van der Waals surface area (Å²) >= 11 is 0. The molecule has 3 saturated carbocycles. The van der Waals surface area contributed by atoms with Crippen LogP contribution in [0.5, 0.6) is 0 Å². The molecule has 3 fully saturated rings. The summed E-state index contributed by atoms with van der Waals surface area (Å²) in [6, 6.07) is 0. The van der Waals surface area contributed by atoms with Crippen LogP contribution in [0.2, 0.25) is 0 Å². The van der Waals surface area contributed by atoms with Gasteiger partial charge in [-0.2, -0.15) is 0 Å². The van der Waals surface area contributed by atoms with Crippen LogP contribution in [0.3, 0.4) is 0 Å². The molecule has 0 aromatic rings. The standard InChI is InChI=1S/C22H38O2/c1-9-14-11-10-12-15-16(14)18-13(2)17(15)22(8,21(18,6)7)19(23)24-20(3,4)5/h13-18H,9-12H2,1-8H3. The lowest BCUT2D eigenvalue weighted by Crippen LogP contribution is -2.55. The van der Waals surface area contributed by atoms with Gasteiger partial charge in [-0.05, 0) is 75.0 Å². The largest absolute Gasteiger partial charge is 0.460 e. The lowest BCUT2D eigenvalue weighted by atomic mass is 9.49. The lowest BCUT2D eigenvalue weighted by molar-refractivity contribution is -0.187. The summed E-state index contributed by atoms with van der Waals surface area (Å²) < 4.78 is 5.96. The minimum atomic E-state index is -0.404. The van der Waals surface area contributed by atoms with E-state index >= 15 is 0 Å². The molecule has 0 aromatic heterocycles. The molecular weight excluding hydrogens is 296 g/mol. The number of ether oxygens (including phenoxy) is 1. The molecule has 138 valence electrons. The van der Waals surface area contributed by atoms with E-state index in [0.29, 0.717) is 17.8 Å². The summed E-state index contributed by atoms with van der Waals surface area (Å²) in [6.07, 6.45) is 5.37. The molecule has 0 aromatic carbocycles. The van der Waals surface area contributed by atoms with E-state index in [1.165, 1.54) is 25.7 Å². The quantitative estimate of drug-likeness (QED) is 0.606. The Morgan fingerprint density at radius 3 is 2.29 bits per heavy atom. The van der Waals surface area contributed by atoms with Crippen LogP contribution in [0, 0.1) is 46.3 Å². The van der Waals surface area contributed by atoms with Crippen molar-refractivity contribution in [3.8, 4) is 0 Å². The Bertz CT molecular complexity index is 515. The fourth-order valence-corrected chi connectivity index (χ4v) is 7.42. The van der Waals surface area contributed by atoms with Crippen LogP contribution in [0.1, 0.15) is 81.1 Å². The molecule has 0 amide bonds. The molecule has 2 nitrogen and oxygen atoms in total. The molecule has 7 unspecified atom stereocenters. The Morgan fingerprint density at radius 2 is 1.75 bits per heavy atom. The summed E-state index contributed by atoms with van der Waals surface area (Å²) in [5, 5.41) is 0. The zero-order chi connectivity index (χ0) is 18.1. The third-order valence-electron chi connectivity index (χ3n) is 8.35. The Hall–Kier alpha value is -0.530. The van der Waals surface area contributed by atoms with E-state index < -0.39 is 5.60 Å². The van der Waals surface area contributed by atoms with Crippen LogP contribution in [0.15, 0.2) is 0 Å². The zero-order valence-corrected chi connectivity index (χ0v) is 17.1. The number of carbonyl (C=O) groups is 1. The first-order valence-corrected chi connectivity index (χ1v) is 10.2. The van der Waals surface area contributed by atoms with Crippen molar-refractivity contribution in [3.63, 3.8) is 0 Å². The molecule has 24 heavy (non-hydrogen) atoms. The van der Waals surface area contributed by atoms with E-state index in [0.717, 1.165) is 17.8 Å². The number of rotatable bonds is 2. The van der Waals surface area contributed by atoms with Crippen molar-refractivity contribution in [2.75, 3.05) is 0 Å². The van der Waals surface area contributed by atoms with Crippen molar-refractivity contribution in [3.05, 3.63) is 0 Å². The topological polar surface area (TPSA) is 26.3 Å². The summed E-state index contributed by atoms with van der Waals surface area (Å²) in [7, 11) is 0. The smallest absolute Gasteiger partial charge is 0.313 e. The maximum Gasteiger partial charge on any atom is 0.313 e. The fourth-order valence-electron chi connectivity index (χ4n) is 7.42. The summed E-state index contributed by atoms with van der Waals surface area (Å²) in [4.78, 5) is 13.3. The Kier molecular flexibility index (Phi) is 4.17. The van der Waals surface area contributed by atoms with Crippen molar-refractivity contribution >= 4 is 5.97 Å². The van der Waals surface area contributed by atoms with E-state index in [1.807, 2.05) is 20.8 Å². The van der Waals surface area contributed by atoms with Crippen LogP contribution >= 0.6 is 0 Å². The second-order valence-corrected chi connectivity index (χ2v) is 10.7. The maximum absolute atomic E-state index is 13.3. The van der Waals surface area contributed by atoms with Gasteiger partial charge in [-0.15, -0.1) is 0 Å². The van der Waals surface area contributed by atoms with Gasteiger partial charge in [-0.3, -0.25) is 4.79 Å². The molecule has 0 N–H and O–H groups in total. The van der Waals surface area contributed by atoms with E-state index in [4.69, 9.17) is 4.74 Å². The van der Waals surface area contributed by atoms with Gasteiger partial charge in [0, 0.05) is 0 Å². The second-order valence-electron chi connectivity index (χ2n) is 10.7. The molecule has 0 saturated heterocycles. The van der Waals surface area contributed by atoms with Gasteiger partial charge in [-0.25, -0.2) is 0 Å². The zero-order valence-electron chi connectivity index (χ0n) is 17.1. The van der Waals surface area contributed by atoms with Gasteiger partial charge in [0.25, 0.3) is 0 Å². The average Bonchev–Trinajstić information content (AvgIpc) is 2.83. The lowest BCUT2D eigenvalue weighted by Gasteiger charge is -2.55. The molecular formula is C22H38O2. The first-order valence-electron chi connectivity index (χ1n) is 10.2. The summed E-state index contributed by atoms with van der Waals surface area (Å²) in [5.41, 5.74) is -0.730. The fraction of sp³-hybridized carbons (Fsp3) is 0.955. The van der Waals surface area contributed by atoms with Gasteiger partial charge < -0.3 is 4.74 Å². The predicted octanol–water partition coefficient (Wildman–Crippen LogP) is 5.70. The molecule has 0 spiro atoms. The van der Waals surface area contributed by atoms with E-state index in [1.54, 1.807) is 0 Å². The summed E-state index contributed by atoms with van der Waals surface area (Å²) in [6.45, 7) is 17.7. The molecule has 0 radical (unpaired) electrons. The number of hydrogen-bond acceptors (Lipinski definition) is 2. The molecule has 7 atom stereocenters. The van der Waals surface area contributed by atoms with Gasteiger partial charge in [-0.1, -0.05) is 47.0 Å². The van der Waals surface area contributed by atoms with E-state index in [9.17, 15) is 4.79 Å². The average molecular weight is 335 g/mol. The van der Waals surface area contributed by atoms with Gasteiger partial charge in [0.1, 0.15) is 5.60 Å². The summed E-state index contributed by atoms with van der Waals surface area (Å²) in [5.74, 6) is 4.27. The molecule has 2 heteroatoms. The maximum atomic E-state index is 13.3. The molecule has 0 heterocycles. The number of hydrogen-bond donors (Lipinski definition) is 0. The third-order valence-corrected chi connectivity index (χ3v) is 8.35. The third kappa shape index (κ3) is 2.23. The van der Waals surface area contributed by atoms with Gasteiger partial charge in [0.2, 0.25) is 0 Å². The minimum absolute atomic E-state index is 0.0192. The van der Waals surface area contributed by atoms with Crippen molar-refractivity contribution in [1.82, 2.24) is 0 Å².